The van der Waals surface area contributed by atoms with Crippen molar-refractivity contribution in [2.24, 2.45) is 0 Å². The number of alkyl halides is 1. The number of amides is 1. The third kappa shape index (κ3) is 4.91. The molecule has 0 spiro atoms. The predicted octanol–water partition coefficient (Wildman–Crippen LogP) is 3.24. The Hall–Kier alpha value is -1.69. The van der Waals surface area contributed by atoms with Crippen LogP contribution >= 0.6 is 0 Å². The molecule has 6 heteroatoms. The van der Waals surface area contributed by atoms with Crippen LogP contribution in [0.25, 0.3) is 0 Å². The summed E-state index contributed by atoms with van der Waals surface area (Å²) in [5.41, 5.74) is 2.09. The highest BCUT2D eigenvalue weighted by molar-refractivity contribution is 5.78. The summed E-state index contributed by atoms with van der Waals surface area (Å²) in [6, 6.07) is 1.90. The van der Waals surface area contributed by atoms with E-state index in [9.17, 15) is 9.18 Å². The summed E-state index contributed by atoms with van der Waals surface area (Å²) in [7, 11) is 1.83. The van der Waals surface area contributed by atoms with Crippen molar-refractivity contribution in [1.82, 2.24) is 15.0 Å². The van der Waals surface area contributed by atoms with Gasteiger partial charge in [-0.25, -0.2) is 4.39 Å². The number of aromatic nitrogens is 1. The van der Waals surface area contributed by atoms with Crippen molar-refractivity contribution in [3.8, 4) is 0 Å². The zero-order valence-corrected chi connectivity index (χ0v) is 15.2. The van der Waals surface area contributed by atoms with E-state index in [0.29, 0.717) is 32.5 Å². The van der Waals surface area contributed by atoms with Crippen molar-refractivity contribution in [3.05, 3.63) is 29.2 Å². The Bertz CT molecular complexity index is 628. The molecule has 3 rings (SSSR count). The lowest BCUT2D eigenvalue weighted by molar-refractivity contribution is -0.129. The van der Waals surface area contributed by atoms with E-state index < -0.39 is 6.17 Å². The van der Waals surface area contributed by atoms with Crippen molar-refractivity contribution >= 4 is 5.91 Å². The minimum Gasteiger partial charge on any atom is -0.360 e. The van der Waals surface area contributed by atoms with Crippen LogP contribution < -0.4 is 0 Å². The zero-order chi connectivity index (χ0) is 17.8. The van der Waals surface area contributed by atoms with Crippen molar-refractivity contribution in [1.29, 1.82) is 0 Å². The Morgan fingerprint density at radius 1 is 1.48 bits per heavy atom. The molecule has 0 aromatic carbocycles. The first kappa shape index (κ1) is 18.1. The fourth-order valence-electron chi connectivity index (χ4n) is 3.81. The van der Waals surface area contributed by atoms with Crippen LogP contribution in [0.2, 0.25) is 0 Å². The quantitative estimate of drug-likeness (QED) is 0.740. The maximum absolute atomic E-state index is 14.0. The average molecular weight is 349 g/mol. The molecule has 1 aliphatic heterocycles. The lowest BCUT2D eigenvalue weighted by Crippen LogP contribution is -2.41. The van der Waals surface area contributed by atoms with E-state index in [1.165, 1.54) is 18.4 Å². The zero-order valence-electron chi connectivity index (χ0n) is 15.2. The molecule has 0 N–H and O–H groups in total. The molecule has 2 heterocycles. The SMILES string of the molecule is Cc1cc(CN2C[C@@H](F)C[C@H]2CN(C)C(=O)CC2=CCCCC2)on1. The molecule has 25 heavy (non-hydrogen) atoms. The molecule has 5 nitrogen and oxygen atoms in total. The van der Waals surface area contributed by atoms with Gasteiger partial charge >= 0.3 is 0 Å². The van der Waals surface area contributed by atoms with Crippen molar-refractivity contribution in [2.45, 2.75) is 64.2 Å². The maximum Gasteiger partial charge on any atom is 0.226 e. The predicted molar refractivity (Wildman–Crippen MR) is 93.8 cm³/mol. The van der Waals surface area contributed by atoms with E-state index in [4.69, 9.17) is 4.52 Å². The first-order valence-electron chi connectivity index (χ1n) is 9.23. The van der Waals surface area contributed by atoms with Gasteiger partial charge in [0.15, 0.2) is 5.76 Å². The summed E-state index contributed by atoms with van der Waals surface area (Å²) < 4.78 is 19.2. The molecule has 0 unspecified atom stereocenters. The Kier molecular flexibility index (Phi) is 5.89. The summed E-state index contributed by atoms with van der Waals surface area (Å²) in [6.45, 7) is 3.36. The molecule has 0 radical (unpaired) electrons. The lowest BCUT2D eigenvalue weighted by Gasteiger charge is -2.28. The number of carbonyl (C=O) groups is 1. The minimum atomic E-state index is -0.849. The first-order chi connectivity index (χ1) is 12.0. The van der Waals surface area contributed by atoms with Gasteiger partial charge in [-0.2, -0.15) is 0 Å². The number of likely N-dealkylation sites (tertiary alicyclic amines) is 1. The Morgan fingerprint density at radius 2 is 2.32 bits per heavy atom. The second-order valence-corrected chi connectivity index (χ2v) is 7.41. The molecule has 2 aliphatic rings. The van der Waals surface area contributed by atoms with Crippen LogP contribution in [0.1, 0.15) is 50.0 Å². The van der Waals surface area contributed by atoms with Gasteiger partial charge in [-0.1, -0.05) is 16.8 Å². The van der Waals surface area contributed by atoms with Gasteiger partial charge in [-0.3, -0.25) is 9.69 Å². The largest absolute Gasteiger partial charge is 0.360 e. The number of halogens is 1. The van der Waals surface area contributed by atoms with E-state index >= 15 is 0 Å². The van der Waals surface area contributed by atoms with Crippen LogP contribution in [0.15, 0.2) is 22.2 Å². The summed E-state index contributed by atoms with van der Waals surface area (Å²) in [5.74, 6) is 0.879. The van der Waals surface area contributed by atoms with E-state index in [2.05, 4.69) is 16.1 Å². The standard InChI is InChI=1S/C19H28FN3O2/c1-14-8-18(25-21-14)13-23-11-16(20)10-17(23)12-22(2)19(24)9-15-6-4-3-5-7-15/h6,8,16-17H,3-5,7,9-13H2,1-2H3/t16-,17-/m0/s1. The van der Waals surface area contributed by atoms with Gasteiger partial charge in [0.25, 0.3) is 0 Å². The Labute approximate surface area is 148 Å². The van der Waals surface area contributed by atoms with Crippen molar-refractivity contribution < 1.29 is 13.7 Å². The summed E-state index contributed by atoms with van der Waals surface area (Å²) in [5, 5.41) is 3.89. The molecular formula is C19H28FN3O2. The number of likely N-dealkylation sites (N-methyl/N-ethyl adjacent to an activating group) is 1. The van der Waals surface area contributed by atoms with Gasteiger partial charge in [0, 0.05) is 38.7 Å². The molecule has 2 atom stereocenters. The molecule has 0 bridgehead atoms. The molecule has 138 valence electrons. The topological polar surface area (TPSA) is 49.6 Å². The van der Waals surface area contributed by atoms with Crippen molar-refractivity contribution in [3.63, 3.8) is 0 Å². The van der Waals surface area contributed by atoms with Crippen LogP contribution in [0.3, 0.4) is 0 Å². The molecule has 1 fully saturated rings. The van der Waals surface area contributed by atoms with Crippen LogP contribution in [-0.4, -0.2) is 53.2 Å². The minimum absolute atomic E-state index is 0.0229. The monoisotopic (exact) mass is 349 g/mol. The normalized spacial score (nSPS) is 24.4. The molecule has 1 saturated heterocycles. The third-order valence-electron chi connectivity index (χ3n) is 5.19. The third-order valence-corrected chi connectivity index (χ3v) is 5.19. The molecule has 1 aromatic rings. The van der Waals surface area contributed by atoms with E-state index in [-0.39, 0.29) is 11.9 Å². The van der Waals surface area contributed by atoms with Gasteiger partial charge in [0.2, 0.25) is 5.91 Å². The smallest absolute Gasteiger partial charge is 0.226 e. The van der Waals surface area contributed by atoms with Crippen LogP contribution in [0.5, 0.6) is 0 Å². The number of nitrogens with zero attached hydrogens (tertiary/aromatic N) is 3. The van der Waals surface area contributed by atoms with E-state index in [1.807, 2.05) is 20.0 Å². The van der Waals surface area contributed by atoms with Gasteiger partial charge in [0.05, 0.1) is 12.2 Å². The average Bonchev–Trinajstić information content (AvgIpc) is 3.14. The highest BCUT2D eigenvalue weighted by atomic mass is 19.1. The molecular weight excluding hydrogens is 321 g/mol. The number of hydrogen-bond donors (Lipinski definition) is 0. The number of allylic oxidation sites excluding steroid dienone is 1. The van der Waals surface area contributed by atoms with Crippen molar-refractivity contribution in [2.75, 3.05) is 20.1 Å². The van der Waals surface area contributed by atoms with Gasteiger partial charge in [-0.15, -0.1) is 0 Å². The Morgan fingerprint density at radius 3 is 3.00 bits per heavy atom. The van der Waals surface area contributed by atoms with Crippen LogP contribution in [0.4, 0.5) is 4.39 Å². The second kappa shape index (κ2) is 8.13. The molecule has 0 saturated carbocycles. The Balaban J connectivity index is 1.55. The highest BCUT2D eigenvalue weighted by Gasteiger charge is 2.34. The summed E-state index contributed by atoms with van der Waals surface area (Å²) in [6.07, 6.45) is 6.86. The number of aryl methyl sites for hydroxylation is 1. The van der Waals surface area contributed by atoms with E-state index in [1.54, 1.807) is 4.90 Å². The number of carbonyl (C=O) groups excluding carboxylic acids is 1. The van der Waals surface area contributed by atoms with Gasteiger partial charge < -0.3 is 9.42 Å². The summed E-state index contributed by atoms with van der Waals surface area (Å²) in [4.78, 5) is 16.3. The van der Waals surface area contributed by atoms with Gasteiger partial charge in [0.1, 0.15) is 6.17 Å². The second-order valence-electron chi connectivity index (χ2n) is 7.41. The van der Waals surface area contributed by atoms with Crippen LogP contribution in [0, 0.1) is 6.92 Å². The summed E-state index contributed by atoms with van der Waals surface area (Å²) >= 11 is 0. The molecule has 1 aliphatic carbocycles. The maximum atomic E-state index is 14.0. The lowest BCUT2D eigenvalue weighted by atomic mass is 9.97. The highest BCUT2D eigenvalue weighted by Crippen LogP contribution is 2.25. The number of hydrogen-bond acceptors (Lipinski definition) is 4. The van der Waals surface area contributed by atoms with Crippen LogP contribution in [-0.2, 0) is 11.3 Å². The first-order valence-corrected chi connectivity index (χ1v) is 9.23. The number of rotatable bonds is 6. The molecule has 1 aromatic heterocycles. The fourth-order valence-corrected chi connectivity index (χ4v) is 3.81. The fraction of sp³-hybridized carbons (Fsp3) is 0.684. The van der Waals surface area contributed by atoms with E-state index in [0.717, 1.165) is 24.3 Å². The molecule has 1 amide bonds. The van der Waals surface area contributed by atoms with Gasteiger partial charge in [-0.05, 0) is 39.0 Å².